The Morgan fingerprint density at radius 1 is 1.41 bits per heavy atom. The van der Waals surface area contributed by atoms with Crippen LogP contribution in [0.1, 0.15) is 37.0 Å². The maximum atomic E-state index is 11.1. The minimum Gasteiger partial charge on any atom is -0.396 e. The first-order valence-electron chi connectivity index (χ1n) is 5.94. The summed E-state index contributed by atoms with van der Waals surface area (Å²) < 4.78 is 0. The van der Waals surface area contributed by atoms with Crippen LogP contribution in [0.15, 0.2) is 18.2 Å². The quantitative estimate of drug-likeness (QED) is 0.522. The Morgan fingerprint density at radius 2 is 2.12 bits per heavy atom. The number of primary amides is 1. The molecule has 0 aliphatic heterocycles. The third-order valence-corrected chi connectivity index (χ3v) is 2.65. The first kappa shape index (κ1) is 13.4. The highest BCUT2D eigenvalue weighted by atomic mass is 16.1. The van der Waals surface area contributed by atoms with E-state index in [-0.39, 0.29) is 0 Å². The van der Waals surface area contributed by atoms with Gasteiger partial charge in [-0.2, -0.15) is 0 Å². The SMILES string of the molecule is CC(C)CCCNc1cccc(C(N)=O)c1N. The van der Waals surface area contributed by atoms with Gasteiger partial charge in [0, 0.05) is 6.54 Å². The predicted molar refractivity (Wildman–Crippen MR) is 71.9 cm³/mol. The van der Waals surface area contributed by atoms with Gasteiger partial charge in [0.05, 0.1) is 16.9 Å². The number of nitrogen functional groups attached to an aromatic ring is 1. The van der Waals surface area contributed by atoms with E-state index in [0.717, 1.165) is 18.7 Å². The summed E-state index contributed by atoms with van der Waals surface area (Å²) in [4.78, 5) is 11.1. The summed E-state index contributed by atoms with van der Waals surface area (Å²) in [6.07, 6.45) is 2.25. The molecular formula is C13H21N3O. The van der Waals surface area contributed by atoms with Gasteiger partial charge in [0.2, 0.25) is 0 Å². The number of para-hydroxylation sites is 1. The lowest BCUT2D eigenvalue weighted by molar-refractivity contribution is 0.100. The third-order valence-electron chi connectivity index (χ3n) is 2.65. The van der Waals surface area contributed by atoms with Crippen molar-refractivity contribution >= 4 is 17.3 Å². The average molecular weight is 235 g/mol. The van der Waals surface area contributed by atoms with Crippen molar-refractivity contribution in [2.24, 2.45) is 11.7 Å². The van der Waals surface area contributed by atoms with Crippen LogP contribution in [0, 0.1) is 5.92 Å². The molecule has 1 aromatic rings. The number of hydrogen-bond donors (Lipinski definition) is 3. The minimum atomic E-state index is -0.492. The van der Waals surface area contributed by atoms with Crippen LogP contribution in [0.3, 0.4) is 0 Å². The molecule has 5 N–H and O–H groups in total. The lowest BCUT2D eigenvalue weighted by atomic mass is 10.1. The number of anilines is 2. The van der Waals surface area contributed by atoms with Gasteiger partial charge in [0.25, 0.3) is 5.91 Å². The smallest absolute Gasteiger partial charge is 0.250 e. The molecule has 0 heterocycles. The Balaban J connectivity index is 2.59. The Labute approximate surface area is 102 Å². The summed E-state index contributed by atoms with van der Waals surface area (Å²) in [7, 11) is 0. The van der Waals surface area contributed by atoms with Gasteiger partial charge >= 0.3 is 0 Å². The second kappa shape index (κ2) is 6.13. The number of carbonyl (C=O) groups excluding carboxylic acids is 1. The topological polar surface area (TPSA) is 81.1 Å². The van der Waals surface area contributed by atoms with Gasteiger partial charge in [-0.25, -0.2) is 0 Å². The van der Waals surface area contributed by atoms with Crippen LogP contribution in [0.25, 0.3) is 0 Å². The number of nitrogens with one attached hydrogen (secondary N) is 1. The van der Waals surface area contributed by atoms with Crippen LogP contribution in [0.5, 0.6) is 0 Å². The lowest BCUT2D eigenvalue weighted by Crippen LogP contribution is -2.15. The van der Waals surface area contributed by atoms with E-state index in [4.69, 9.17) is 11.5 Å². The second-order valence-electron chi connectivity index (χ2n) is 4.59. The van der Waals surface area contributed by atoms with Gasteiger partial charge in [0.1, 0.15) is 0 Å². The number of nitrogens with two attached hydrogens (primary N) is 2. The molecular weight excluding hydrogens is 214 g/mol. The van der Waals surface area contributed by atoms with E-state index in [2.05, 4.69) is 19.2 Å². The summed E-state index contributed by atoms with van der Waals surface area (Å²) in [5, 5.41) is 3.23. The largest absolute Gasteiger partial charge is 0.396 e. The second-order valence-corrected chi connectivity index (χ2v) is 4.59. The summed E-state index contributed by atoms with van der Waals surface area (Å²) in [5.41, 5.74) is 12.7. The third kappa shape index (κ3) is 3.98. The van der Waals surface area contributed by atoms with Gasteiger partial charge in [-0.1, -0.05) is 19.9 Å². The Hall–Kier alpha value is -1.71. The minimum absolute atomic E-state index is 0.374. The highest BCUT2D eigenvalue weighted by Gasteiger charge is 2.08. The molecule has 0 bridgehead atoms. The van der Waals surface area contributed by atoms with Crippen molar-refractivity contribution in [3.8, 4) is 0 Å². The summed E-state index contributed by atoms with van der Waals surface area (Å²) in [6.45, 7) is 5.24. The molecule has 17 heavy (non-hydrogen) atoms. The van der Waals surface area contributed by atoms with Gasteiger partial charge in [0.15, 0.2) is 0 Å². The van der Waals surface area contributed by atoms with E-state index in [1.165, 1.54) is 6.42 Å². The highest BCUT2D eigenvalue weighted by Crippen LogP contribution is 2.22. The normalized spacial score (nSPS) is 10.5. The number of carbonyl (C=O) groups is 1. The molecule has 0 aliphatic carbocycles. The molecule has 0 saturated heterocycles. The maximum Gasteiger partial charge on any atom is 0.250 e. The molecule has 4 nitrogen and oxygen atoms in total. The van der Waals surface area contributed by atoms with E-state index in [9.17, 15) is 4.79 Å². The number of benzene rings is 1. The summed E-state index contributed by atoms with van der Waals surface area (Å²) in [5.74, 6) is 0.208. The molecule has 1 rings (SSSR count). The van der Waals surface area contributed by atoms with E-state index < -0.39 is 5.91 Å². The monoisotopic (exact) mass is 235 g/mol. The molecule has 0 atom stereocenters. The lowest BCUT2D eigenvalue weighted by Gasteiger charge is -2.12. The fourth-order valence-corrected chi connectivity index (χ4v) is 1.67. The first-order valence-corrected chi connectivity index (χ1v) is 5.94. The molecule has 0 unspecified atom stereocenters. The fourth-order valence-electron chi connectivity index (χ4n) is 1.67. The zero-order valence-corrected chi connectivity index (χ0v) is 10.5. The Kier molecular flexibility index (Phi) is 4.82. The van der Waals surface area contributed by atoms with Crippen molar-refractivity contribution in [3.05, 3.63) is 23.8 Å². The van der Waals surface area contributed by atoms with Crippen molar-refractivity contribution in [2.45, 2.75) is 26.7 Å². The van der Waals surface area contributed by atoms with Gasteiger partial charge in [-0.05, 0) is 30.9 Å². The van der Waals surface area contributed by atoms with Crippen molar-refractivity contribution in [1.29, 1.82) is 0 Å². The number of rotatable bonds is 6. The van der Waals surface area contributed by atoms with Crippen LogP contribution in [-0.4, -0.2) is 12.5 Å². The zero-order valence-electron chi connectivity index (χ0n) is 10.5. The fraction of sp³-hybridized carbons (Fsp3) is 0.462. The van der Waals surface area contributed by atoms with Crippen molar-refractivity contribution in [3.63, 3.8) is 0 Å². The zero-order chi connectivity index (χ0) is 12.8. The van der Waals surface area contributed by atoms with E-state index in [0.29, 0.717) is 17.2 Å². The molecule has 0 spiro atoms. The van der Waals surface area contributed by atoms with Crippen LogP contribution in [-0.2, 0) is 0 Å². The van der Waals surface area contributed by atoms with Gasteiger partial charge < -0.3 is 16.8 Å². The molecule has 0 aliphatic rings. The van der Waals surface area contributed by atoms with Crippen LogP contribution >= 0.6 is 0 Å². The molecule has 94 valence electrons. The summed E-state index contributed by atoms with van der Waals surface area (Å²) in [6, 6.07) is 5.27. The molecule has 4 heteroatoms. The summed E-state index contributed by atoms with van der Waals surface area (Å²) >= 11 is 0. The molecule has 1 aromatic carbocycles. The first-order chi connectivity index (χ1) is 8.02. The van der Waals surface area contributed by atoms with Crippen LogP contribution in [0.2, 0.25) is 0 Å². The van der Waals surface area contributed by atoms with Gasteiger partial charge in [-0.3, -0.25) is 4.79 Å². The van der Waals surface area contributed by atoms with Crippen molar-refractivity contribution < 1.29 is 4.79 Å². The number of hydrogen-bond acceptors (Lipinski definition) is 3. The number of amides is 1. The van der Waals surface area contributed by atoms with E-state index in [1.54, 1.807) is 12.1 Å². The van der Waals surface area contributed by atoms with Crippen LogP contribution < -0.4 is 16.8 Å². The standard InChI is InChI=1S/C13H21N3O/c1-9(2)5-4-8-16-11-7-3-6-10(12(11)14)13(15)17/h3,6-7,9,16H,4-5,8,14H2,1-2H3,(H2,15,17). The molecule has 1 amide bonds. The van der Waals surface area contributed by atoms with E-state index >= 15 is 0 Å². The Morgan fingerprint density at radius 3 is 2.71 bits per heavy atom. The Bertz CT molecular complexity index is 388. The highest BCUT2D eigenvalue weighted by molar-refractivity contribution is 6.00. The predicted octanol–water partition coefficient (Wildman–Crippen LogP) is 2.22. The maximum absolute atomic E-state index is 11.1. The molecule has 0 fully saturated rings. The molecule has 0 radical (unpaired) electrons. The molecule has 0 saturated carbocycles. The van der Waals surface area contributed by atoms with E-state index in [1.807, 2.05) is 6.07 Å². The van der Waals surface area contributed by atoms with Crippen LogP contribution in [0.4, 0.5) is 11.4 Å². The molecule has 0 aromatic heterocycles. The van der Waals surface area contributed by atoms with Crippen molar-refractivity contribution in [2.75, 3.05) is 17.6 Å². The van der Waals surface area contributed by atoms with Gasteiger partial charge in [-0.15, -0.1) is 0 Å². The van der Waals surface area contributed by atoms with Crippen molar-refractivity contribution in [1.82, 2.24) is 0 Å². The average Bonchev–Trinajstić information content (AvgIpc) is 2.25.